The lowest BCUT2D eigenvalue weighted by molar-refractivity contribution is 0.0955. The SMILES string of the molecule is CCN(CC)c1ccc(C(=O)N/N=C\[C@H]2CC=CCC2)cc1. The lowest BCUT2D eigenvalue weighted by Crippen LogP contribution is -2.22. The van der Waals surface area contributed by atoms with Crippen molar-refractivity contribution in [1.29, 1.82) is 0 Å². The molecule has 0 fully saturated rings. The van der Waals surface area contributed by atoms with Gasteiger partial charge in [-0.1, -0.05) is 12.2 Å². The molecule has 1 aliphatic carbocycles. The summed E-state index contributed by atoms with van der Waals surface area (Å²) in [5, 5.41) is 4.09. The van der Waals surface area contributed by atoms with Crippen LogP contribution in [0.3, 0.4) is 0 Å². The van der Waals surface area contributed by atoms with Gasteiger partial charge in [0.2, 0.25) is 0 Å². The summed E-state index contributed by atoms with van der Waals surface area (Å²) in [6, 6.07) is 7.67. The van der Waals surface area contributed by atoms with E-state index in [2.05, 4.69) is 41.4 Å². The van der Waals surface area contributed by atoms with E-state index < -0.39 is 0 Å². The molecule has 0 aromatic heterocycles. The van der Waals surface area contributed by atoms with Crippen molar-refractivity contribution in [1.82, 2.24) is 5.43 Å². The molecule has 0 radical (unpaired) electrons. The number of hydrogen-bond acceptors (Lipinski definition) is 3. The van der Waals surface area contributed by atoms with E-state index in [4.69, 9.17) is 0 Å². The number of amides is 1. The lowest BCUT2D eigenvalue weighted by atomic mass is 9.96. The molecule has 0 saturated carbocycles. The zero-order valence-corrected chi connectivity index (χ0v) is 13.5. The van der Waals surface area contributed by atoms with Crippen LogP contribution >= 0.6 is 0 Å². The van der Waals surface area contributed by atoms with Gasteiger partial charge in [-0.25, -0.2) is 5.43 Å². The van der Waals surface area contributed by atoms with Crippen molar-refractivity contribution < 1.29 is 4.79 Å². The van der Waals surface area contributed by atoms with Crippen LogP contribution in [0.15, 0.2) is 41.5 Å². The molecule has 0 spiro atoms. The first-order valence-corrected chi connectivity index (χ1v) is 8.08. The van der Waals surface area contributed by atoms with Crippen molar-refractivity contribution in [3.8, 4) is 0 Å². The molecular formula is C18H25N3O. The summed E-state index contributed by atoms with van der Waals surface area (Å²) in [4.78, 5) is 14.3. The maximum absolute atomic E-state index is 12.1. The van der Waals surface area contributed by atoms with Crippen molar-refractivity contribution in [2.24, 2.45) is 11.0 Å². The molecule has 0 unspecified atom stereocenters. The van der Waals surface area contributed by atoms with Gasteiger partial charge in [-0.15, -0.1) is 0 Å². The first-order valence-electron chi connectivity index (χ1n) is 8.08. The fraction of sp³-hybridized carbons (Fsp3) is 0.444. The minimum Gasteiger partial charge on any atom is -0.372 e. The first kappa shape index (κ1) is 16.3. The van der Waals surface area contributed by atoms with Crippen LogP contribution < -0.4 is 10.3 Å². The van der Waals surface area contributed by atoms with Crippen LogP contribution in [0, 0.1) is 5.92 Å². The average molecular weight is 299 g/mol. The van der Waals surface area contributed by atoms with Crippen LogP contribution in [0.1, 0.15) is 43.5 Å². The second kappa shape index (κ2) is 8.37. The molecule has 0 aliphatic heterocycles. The Hall–Kier alpha value is -2.10. The van der Waals surface area contributed by atoms with E-state index in [1.165, 1.54) is 0 Å². The third kappa shape index (κ3) is 4.45. The van der Waals surface area contributed by atoms with E-state index in [1.807, 2.05) is 30.5 Å². The molecule has 1 N–H and O–H groups in total. The van der Waals surface area contributed by atoms with Crippen LogP contribution in [0.25, 0.3) is 0 Å². The van der Waals surface area contributed by atoms with Gasteiger partial charge < -0.3 is 4.90 Å². The van der Waals surface area contributed by atoms with E-state index in [0.717, 1.165) is 38.0 Å². The van der Waals surface area contributed by atoms with Gasteiger partial charge in [-0.2, -0.15) is 5.10 Å². The molecule has 1 aromatic carbocycles. The average Bonchev–Trinajstić information content (AvgIpc) is 2.57. The molecule has 118 valence electrons. The highest BCUT2D eigenvalue weighted by atomic mass is 16.2. The van der Waals surface area contributed by atoms with Gasteiger partial charge in [0.25, 0.3) is 5.91 Å². The Balaban J connectivity index is 1.89. The summed E-state index contributed by atoms with van der Waals surface area (Å²) in [5.74, 6) is 0.282. The minimum atomic E-state index is -0.159. The van der Waals surface area contributed by atoms with Gasteiger partial charge in [0.1, 0.15) is 0 Å². The van der Waals surface area contributed by atoms with Gasteiger partial charge in [0.05, 0.1) is 0 Å². The van der Waals surface area contributed by atoms with Crippen molar-refractivity contribution in [2.75, 3.05) is 18.0 Å². The molecule has 1 amide bonds. The Kier molecular flexibility index (Phi) is 6.19. The summed E-state index contributed by atoms with van der Waals surface area (Å²) < 4.78 is 0. The van der Waals surface area contributed by atoms with Gasteiger partial charge in [-0.05, 0) is 63.3 Å². The monoisotopic (exact) mass is 299 g/mol. The predicted molar refractivity (Wildman–Crippen MR) is 92.4 cm³/mol. The Labute approximate surface area is 132 Å². The zero-order valence-electron chi connectivity index (χ0n) is 13.5. The second-order valence-corrected chi connectivity index (χ2v) is 5.48. The van der Waals surface area contributed by atoms with Crippen LogP contribution in [-0.4, -0.2) is 25.2 Å². The molecule has 4 nitrogen and oxygen atoms in total. The number of hydrogen-bond donors (Lipinski definition) is 1. The number of anilines is 1. The third-order valence-corrected chi connectivity index (χ3v) is 4.02. The molecule has 0 heterocycles. The number of benzene rings is 1. The number of carbonyl (C=O) groups is 1. The highest BCUT2D eigenvalue weighted by Gasteiger charge is 2.08. The summed E-state index contributed by atoms with van der Waals surface area (Å²) in [5.41, 5.74) is 4.39. The van der Waals surface area contributed by atoms with Crippen LogP contribution in [0.5, 0.6) is 0 Å². The van der Waals surface area contributed by atoms with E-state index in [9.17, 15) is 4.79 Å². The minimum absolute atomic E-state index is 0.159. The Morgan fingerprint density at radius 3 is 2.59 bits per heavy atom. The van der Waals surface area contributed by atoms with Crippen LogP contribution in [-0.2, 0) is 0 Å². The maximum Gasteiger partial charge on any atom is 0.271 e. The number of nitrogens with one attached hydrogen (secondary N) is 1. The van der Waals surface area contributed by atoms with Crippen molar-refractivity contribution >= 4 is 17.8 Å². The predicted octanol–water partition coefficient (Wildman–Crippen LogP) is 3.60. The number of carbonyl (C=O) groups excluding carboxylic acids is 1. The summed E-state index contributed by atoms with van der Waals surface area (Å²) >= 11 is 0. The number of nitrogens with zero attached hydrogens (tertiary/aromatic N) is 2. The largest absolute Gasteiger partial charge is 0.372 e. The fourth-order valence-corrected chi connectivity index (χ4v) is 2.63. The normalized spacial score (nSPS) is 17.6. The Morgan fingerprint density at radius 1 is 1.27 bits per heavy atom. The molecule has 22 heavy (non-hydrogen) atoms. The second-order valence-electron chi connectivity index (χ2n) is 5.48. The van der Waals surface area contributed by atoms with Gasteiger partial charge in [-0.3, -0.25) is 4.79 Å². The Bertz CT molecular complexity index is 530. The van der Waals surface area contributed by atoms with Gasteiger partial charge in [0.15, 0.2) is 0 Å². The van der Waals surface area contributed by atoms with E-state index in [-0.39, 0.29) is 5.91 Å². The quantitative estimate of drug-likeness (QED) is 0.495. The maximum atomic E-state index is 12.1. The van der Waals surface area contributed by atoms with Crippen LogP contribution in [0.2, 0.25) is 0 Å². The molecule has 0 saturated heterocycles. The van der Waals surface area contributed by atoms with Gasteiger partial charge >= 0.3 is 0 Å². The topological polar surface area (TPSA) is 44.7 Å². The third-order valence-electron chi connectivity index (χ3n) is 4.02. The summed E-state index contributed by atoms with van der Waals surface area (Å²) in [6.07, 6.45) is 9.43. The molecular weight excluding hydrogens is 274 g/mol. The summed E-state index contributed by atoms with van der Waals surface area (Å²) in [6.45, 7) is 6.17. The smallest absolute Gasteiger partial charge is 0.271 e. The molecule has 1 atom stereocenters. The van der Waals surface area contributed by atoms with Crippen molar-refractivity contribution in [2.45, 2.75) is 33.1 Å². The fourth-order valence-electron chi connectivity index (χ4n) is 2.63. The summed E-state index contributed by atoms with van der Waals surface area (Å²) in [7, 11) is 0. The highest BCUT2D eigenvalue weighted by molar-refractivity contribution is 5.94. The number of hydrazone groups is 1. The number of rotatable bonds is 6. The number of allylic oxidation sites excluding steroid dienone is 2. The molecule has 0 bridgehead atoms. The molecule has 4 heteroatoms. The first-order chi connectivity index (χ1) is 10.7. The van der Waals surface area contributed by atoms with Crippen LogP contribution in [0.4, 0.5) is 5.69 Å². The molecule has 1 aliphatic rings. The van der Waals surface area contributed by atoms with Crippen molar-refractivity contribution in [3.63, 3.8) is 0 Å². The van der Waals surface area contributed by atoms with Gasteiger partial charge in [0, 0.05) is 30.6 Å². The van der Waals surface area contributed by atoms with Crippen molar-refractivity contribution in [3.05, 3.63) is 42.0 Å². The van der Waals surface area contributed by atoms with E-state index in [0.29, 0.717) is 11.5 Å². The lowest BCUT2D eigenvalue weighted by Gasteiger charge is -2.20. The standard InChI is InChI=1S/C18H25N3O/c1-3-21(4-2)17-12-10-16(11-13-17)18(22)20-19-14-15-8-6-5-7-9-15/h5-6,10-15H,3-4,7-9H2,1-2H3,(H,20,22)/b19-14-/t15-/m0/s1. The highest BCUT2D eigenvalue weighted by Crippen LogP contribution is 2.16. The molecule has 1 aromatic rings. The Morgan fingerprint density at radius 2 is 2.00 bits per heavy atom. The zero-order chi connectivity index (χ0) is 15.8. The molecule has 2 rings (SSSR count). The van der Waals surface area contributed by atoms with E-state index >= 15 is 0 Å². The van der Waals surface area contributed by atoms with E-state index in [1.54, 1.807) is 0 Å².